The Morgan fingerprint density at radius 1 is 0.844 bits per heavy atom. The molecular weight excluding hydrogens is 446 g/mol. The lowest BCUT2D eigenvalue weighted by atomic mass is 10.2. The van der Waals surface area contributed by atoms with E-state index >= 15 is 0 Å². The molecule has 0 spiro atoms. The van der Waals surface area contributed by atoms with Crippen LogP contribution in [0.1, 0.15) is 11.6 Å². The Morgan fingerprint density at radius 3 is 1.88 bits per heavy atom. The molecule has 160 valence electrons. The topological polar surface area (TPSA) is 142 Å². The quantitative estimate of drug-likeness (QED) is 0.321. The first kappa shape index (κ1) is 20.3. The molecule has 1 aliphatic rings. The van der Waals surface area contributed by atoms with Crippen molar-refractivity contribution in [1.82, 2.24) is 25.3 Å². The minimum atomic E-state index is -0.764. The first-order valence-electron chi connectivity index (χ1n) is 9.64. The van der Waals surface area contributed by atoms with E-state index in [9.17, 15) is 9.59 Å². The van der Waals surface area contributed by atoms with Gasteiger partial charge in [0.1, 0.15) is 23.1 Å². The van der Waals surface area contributed by atoms with Crippen LogP contribution in [0.4, 0.5) is 4.79 Å². The van der Waals surface area contributed by atoms with Gasteiger partial charge in [0, 0.05) is 0 Å². The van der Waals surface area contributed by atoms with Crippen LogP contribution in [0, 0.1) is 0 Å². The normalized spacial score (nSPS) is 14.1. The van der Waals surface area contributed by atoms with E-state index in [1.54, 1.807) is 0 Å². The highest BCUT2D eigenvalue weighted by Crippen LogP contribution is 2.36. The number of hydrogen-bond acceptors (Lipinski definition) is 7. The average molecular weight is 464 g/mol. The fourth-order valence-electron chi connectivity index (χ4n) is 3.27. The second-order valence-electron chi connectivity index (χ2n) is 6.90. The number of aromatic nitrogens is 4. The molecule has 2 aromatic heterocycles. The van der Waals surface area contributed by atoms with Crippen LogP contribution in [-0.2, 0) is 16.3 Å². The Balaban J connectivity index is 1.42. The standard InChI is InChI=1S/C21H17N7O2S2/c22-18-17(19(29)28-21(30)27-18)20(31-9-15-23-11-5-1-2-6-12(11)24-15)32-10-16-25-13-7-3-4-8-14(13)26-16/h1-8H,9-10H2,(H,23,24)(H,25,26)(H3,22,27,28,29,30). The van der Waals surface area contributed by atoms with Crippen molar-refractivity contribution in [3.63, 3.8) is 0 Å². The number of para-hydroxylation sites is 4. The number of benzene rings is 2. The smallest absolute Gasteiger partial charge is 0.349 e. The van der Waals surface area contributed by atoms with Crippen LogP contribution in [0.5, 0.6) is 0 Å². The molecule has 0 bridgehead atoms. The predicted octanol–water partition coefficient (Wildman–Crippen LogP) is 3.42. The maximum atomic E-state index is 12.5. The molecule has 0 radical (unpaired) electrons. The van der Waals surface area contributed by atoms with Crippen LogP contribution >= 0.6 is 23.5 Å². The Bertz CT molecular complexity index is 1270. The number of hydrogen-bond donors (Lipinski definition) is 4. The van der Waals surface area contributed by atoms with Crippen molar-refractivity contribution in [2.75, 3.05) is 0 Å². The molecule has 5 N–H and O–H groups in total. The number of fused-ring (bicyclic) bond motifs is 2. The Hall–Kier alpha value is -3.57. The van der Waals surface area contributed by atoms with Crippen molar-refractivity contribution in [3.05, 3.63) is 70.0 Å². The molecule has 32 heavy (non-hydrogen) atoms. The maximum Gasteiger partial charge on any atom is 0.349 e. The third kappa shape index (κ3) is 4.12. The number of carbonyl (C=O) groups is 2. The zero-order valence-electron chi connectivity index (χ0n) is 16.6. The summed E-state index contributed by atoms with van der Waals surface area (Å²) in [5.74, 6) is 1.84. The molecule has 0 aliphatic carbocycles. The summed E-state index contributed by atoms with van der Waals surface area (Å²) < 4.78 is 0.636. The highest BCUT2D eigenvalue weighted by molar-refractivity contribution is 8.21. The van der Waals surface area contributed by atoms with Crippen molar-refractivity contribution >= 4 is 63.4 Å². The number of nitrogens with one attached hydrogen (secondary N) is 3. The monoisotopic (exact) mass is 463 g/mol. The van der Waals surface area contributed by atoms with Gasteiger partial charge in [-0.25, -0.2) is 14.8 Å². The van der Waals surface area contributed by atoms with Crippen molar-refractivity contribution < 1.29 is 9.59 Å². The van der Waals surface area contributed by atoms with E-state index in [0.717, 1.165) is 33.7 Å². The van der Waals surface area contributed by atoms with E-state index in [1.807, 2.05) is 48.5 Å². The zero-order chi connectivity index (χ0) is 22.1. The minimum absolute atomic E-state index is 0.0945. The van der Waals surface area contributed by atoms with Crippen LogP contribution in [0.15, 0.2) is 63.3 Å². The van der Waals surface area contributed by atoms with Gasteiger partial charge in [-0.2, -0.15) is 4.99 Å². The van der Waals surface area contributed by atoms with Gasteiger partial charge in [-0.1, -0.05) is 24.3 Å². The van der Waals surface area contributed by atoms with Crippen LogP contribution in [0.3, 0.4) is 0 Å². The third-order valence-electron chi connectivity index (χ3n) is 4.69. The third-order valence-corrected chi connectivity index (χ3v) is 7.16. The maximum absolute atomic E-state index is 12.5. The number of amidine groups is 1. The number of H-pyrrole nitrogens is 2. The summed E-state index contributed by atoms with van der Waals surface area (Å²) in [7, 11) is 0. The molecular formula is C21H17N7O2S2. The molecule has 11 heteroatoms. The van der Waals surface area contributed by atoms with Gasteiger partial charge < -0.3 is 15.7 Å². The number of nitrogens with two attached hydrogens (primary N) is 1. The molecule has 0 atom stereocenters. The van der Waals surface area contributed by atoms with Gasteiger partial charge >= 0.3 is 6.03 Å². The van der Waals surface area contributed by atoms with Crippen molar-refractivity contribution in [1.29, 1.82) is 0 Å². The molecule has 0 unspecified atom stereocenters. The van der Waals surface area contributed by atoms with Crippen LogP contribution < -0.4 is 11.1 Å². The number of rotatable bonds is 6. The molecule has 0 saturated heterocycles. The number of aromatic amines is 2. The lowest BCUT2D eigenvalue weighted by Gasteiger charge is -2.16. The van der Waals surface area contributed by atoms with E-state index < -0.39 is 11.9 Å². The van der Waals surface area contributed by atoms with Gasteiger partial charge in [-0.3, -0.25) is 10.1 Å². The van der Waals surface area contributed by atoms with Gasteiger partial charge in [0.2, 0.25) is 0 Å². The summed E-state index contributed by atoms with van der Waals surface area (Å²) in [4.78, 5) is 43.5. The number of amides is 3. The molecule has 0 fully saturated rings. The number of carbonyl (C=O) groups excluding carboxylic acids is 2. The fraction of sp³-hybridized carbons (Fsp3) is 0.0952. The van der Waals surface area contributed by atoms with E-state index in [-0.39, 0.29) is 11.4 Å². The van der Waals surface area contributed by atoms with E-state index in [1.165, 1.54) is 23.5 Å². The van der Waals surface area contributed by atoms with Gasteiger partial charge in [0.15, 0.2) is 0 Å². The summed E-state index contributed by atoms with van der Waals surface area (Å²) >= 11 is 2.81. The summed E-state index contributed by atoms with van der Waals surface area (Å²) in [5.41, 5.74) is 9.76. The molecule has 1 aliphatic heterocycles. The first-order chi connectivity index (χ1) is 15.6. The summed E-state index contributed by atoms with van der Waals surface area (Å²) in [6.45, 7) is 0. The fourth-order valence-corrected chi connectivity index (χ4v) is 5.45. The molecule has 0 saturated carbocycles. The second-order valence-corrected chi connectivity index (χ2v) is 9.13. The van der Waals surface area contributed by atoms with Crippen molar-refractivity contribution in [2.45, 2.75) is 11.5 Å². The SMILES string of the molecule is NC1=NC(=O)NC(=O)C1=C(SCc1nc2ccccc2[nH]1)SCc1nc2ccccc2[nH]1. The number of aliphatic imine (C=N–C) groups is 1. The van der Waals surface area contributed by atoms with Crippen LogP contribution in [0.2, 0.25) is 0 Å². The summed E-state index contributed by atoms with van der Waals surface area (Å²) in [6, 6.07) is 14.7. The number of imide groups is 1. The molecule has 4 aromatic rings. The molecule has 9 nitrogen and oxygen atoms in total. The van der Waals surface area contributed by atoms with Crippen molar-refractivity contribution in [2.24, 2.45) is 10.7 Å². The summed E-state index contributed by atoms with van der Waals surface area (Å²) in [6.07, 6.45) is 0. The lowest BCUT2D eigenvalue weighted by Crippen LogP contribution is -2.40. The predicted molar refractivity (Wildman–Crippen MR) is 127 cm³/mol. The Kier molecular flexibility index (Phi) is 5.41. The zero-order valence-corrected chi connectivity index (χ0v) is 18.2. The van der Waals surface area contributed by atoms with Gasteiger partial charge in [-0.05, 0) is 24.3 Å². The van der Waals surface area contributed by atoms with Gasteiger partial charge in [-0.15, -0.1) is 23.5 Å². The van der Waals surface area contributed by atoms with Crippen LogP contribution in [0.25, 0.3) is 22.1 Å². The molecule has 5 rings (SSSR count). The Morgan fingerprint density at radius 2 is 1.38 bits per heavy atom. The van der Waals surface area contributed by atoms with E-state index in [0.29, 0.717) is 15.7 Å². The number of imidazole rings is 2. The van der Waals surface area contributed by atoms with Gasteiger partial charge in [0.25, 0.3) is 5.91 Å². The molecule has 3 heterocycles. The Labute approximate surface area is 190 Å². The largest absolute Gasteiger partial charge is 0.383 e. The molecule has 2 aromatic carbocycles. The second kappa shape index (κ2) is 8.52. The average Bonchev–Trinajstić information content (AvgIpc) is 3.37. The number of thioether (sulfide) groups is 2. The van der Waals surface area contributed by atoms with E-state index in [4.69, 9.17) is 5.73 Å². The summed E-state index contributed by atoms with van der Waals surface area (Å²) in [5, 5.41) is 2.20. The number of nitrogens with zero attached hydrogens (tertiary/aromatic N) is 3. The van der Waals surface area contributed by atoms with Crippen LogP contribution in [-0.4, -0.2) is 37.7 Å². The van der Waals surface area contributed by atoms with Crippen molar-refractivity contribution in [3.8, 4) is 0 Å². The highest BCUT2D eigenvalue weighted by Gasteiger charge is 2.27. The highest BCUT2D eigenvalue weighted by atomic mass is 32.2. The number of urea groups is 1. The molecule has 3 amide bonds. The van der Waals surface area contributed by atoms with Gasteiger partial charge in [0.05, 0.1) is 37.8 Å². The minimum Gasteiger partial charge on any atom is -0.383 e. The lowest BCUT2D eigenvalue weighted by molar-refractivity contribution is -0.116. The van der Waals surface area contributed by atoms with E-state index in [2.05, 4.69) is 30.2 Å². The first-order valence-corrected chi connectivity index (χ1v) is 11.6.